The molecule has 5 heteroatoms. The zero-order valence-electron chi connectivity index (χ0n) is 14.5. The lowest BCUT2D eigenvalue weighted by Crippen LogP contribution is -2.41. The van der Waals surface area contributed by atoms with Gasteiger partial charge in [-0.2, -0.15) is 0 Å². The predicted molar refractivity (Wildman–Crippen MR) is 96.8 cm³/mol. The molecule has 122 valence electrons. The molecule has 0 amide bonds. The molecule has 4 rings (SSSR count). The van der Waals surface area contributed by atoms with Crippen LogP contribution in [0, 0.1) is 0 Å². The van der Waals surface area contributed by atoms with Crippen LogP contribution in [0.1, 0.15) is 27.7 Å². The van der Waals surface area contributed by atoms with Gasteiger partial charge in [-0.05, 0) is 57.4 Å². The van der Waals surface area contributed by atoms with Crippen molar-refractivity contribution in [3.05, 3.63) is 54.9 Å². The van der Waals surface area contributed by atoms with E-state index in [-0.39, 0.29) is 18.3 Å². The first-order valence-electron chi connectivity index (χ1n) is 8.25. The molecule has 4 nitrogen and oxygen atoms in total. The van der Waals surface area contributed by atoms with Gasteiger partial charge in [-0.25, -0.2) is 4.98 Å². The van der Waals surface area contributed by atoms with Crippen LogP contribution in [0.3, 0.4) is 0 Å². The number of hydrogen-bond donors (Lipinski definition) is 0. The Kier molecular flexibility index (Phi) is 3.34. The largest absolute Gasteiger partial charge is 0.494 e. The molecule has 0 N–H and O–H groups in total. The Morgan fingerprint density at radius 1 is 0.917 bits per heavy atom. The van der Waals surface area contributed by atoms with E-state index >= 15 is 0 Å². The molecule has 1 saturated heterocycles. The number of nitrogens with zero attached hydrogens (tertiary/aromatic N) is 2. The van der Waals surface area contributed by atoms with Gasteiger partial charge in [0.25, 0.3) is 0 Å². The van der Waals surface area contributed by atoms with Crippen LogP contribution in [0.2, 0.25) is 0 Å². The van der Waals surface area contributed by atoms with Gasteiger partial charge in [0.15, 0.2) is 0 Å². The van der Waals surface area contributed by atoms with E-state index in [1.54, 1.807) is 0 Å². The summed E-state index contributed by atoms with van der Waals surface area (Å²) in [5.41, 5.74) is 3.43. The normalized spacial score (nSPS) is 19.1. The predicted octanol–water partition coefficient (Wildman–Crippen LogP) is 3.32. The first kappa shape index (κ1) is 15.4. The Bertz CT molecular complexity index is 871. The van der Waals surface area contributed by atoms with E-state index in [1.807, 2.05) is 24.5 Å². The van der Waals surface area contributed by atoms with Crippen molar-refractivity contribution in [2.24, 2.45) is 0 Å². The SMILES string of the molecule is CC1(C)OB(c2ccc3c(c2)ncn3-c2ccccc2)OC1(C)C. The van der Waals surface area contributed by atoms with Gasteiger partial charge in [-0.3, -0.25) is 4.57 Å². The molecular weight excluding hydrogens is 299 g/mol. The lowest BCUT2D eigenvalue weighted by Gasteiger charge is -2.32. The minimum Gasteiger partial charge on any atom is -0.399 e. The standard InChI is InChI=1S/C19H21BN2O2/c1-18(2)19(3,4)24-20(23-18)14-10-11-17-16(12-14)21-13-22(17)15-8-6-5-7-9-15/h5-13H,1-4H3. The Balaban J connectivity index is 1.71. The fraction of sp³-hybridized carbons (Fsp3) is 0.316. The molecule has 0 saturated carbocycles. The van der Waals surface area contributed by atoms with Crippen LogP contribution in [0.4, 0.5) is 0 Å². The smallest absolute Gasteiger partial charge is 0.399 e. The van der Waals surface area contributed by atoms with E-state index in [0.717, 1.165) is 22.2 Å². The Hall–Kier alpha value is -2.11. The highest BCUT2D eigenvalue weighted by Gasteiger charge is 2.51. The minimum atomic E-state index is -0.360. The van der Waals surface area contributed by atoms with Crippen molar-refractivity contribution in [2.75, 3.05) is 0 Å². The average molecular weight is 320 g/mol. The van der Waals surface area contributed by atoms with E-state index in [4.69, 9.17) is 9.31 Å². The van der Waals surface area contributed by atoms with Crippen molar-refractivity contribution in [3.8, 4) is 5.69 Å². The number of aromatic nitrogens is 2. The van der Waals surface area contributed by atoms with E-state index in [2.05, 4.69) is 67.6 Å². The second kappa shape index (κ2) is 5.20. The van der Waals surface area contributed by atoms with Gasteiger partial charge >= 0.3 is 7.12 Å². The monoisotopic (exact) mass is 320 g/mol. The number of para-hydroxylation sites is 1. The number of fused-ring (bicyclic) bond motifs is 1. The molecule has 2 aromatic carbocycles. The summed E-state index contributed by atoms with van der Waals surface area (Å²) in [7, 11) is -0.360. The van der Waals surface area contributed by atoms with Gasteiger partial charge in [-0.1, -0.05) is 24.3 Å². The van der Waals surface area contributed by atoms with E-state index in [9.17, 15) is 0 Å². The molecule has 0 aliphatic carbocycles. The lowest BCUT2D eigenvalue weighted by molar-refractivity contribution is 0.00578. The van der Waals surface area contributed by atoms with E-state index in [0.29, 0.717) is 0 Å². The van der Waals surface area contributed by atoms with Crippen LogP contribution < -0.4 is 5.46 Å². The molecule has 1 aromatic heterocycles. The number of rotatable bonds is 2. The Morgan fingerprint density at radius 2 is 1.58 bits per heavy atom. The highest BCUT2D eigenvalue weighted by atomic mass is 16.7. The van der Waals surface area contributed by atoms with Gasteiger partial charge in [0, 0.05) is 5.69 Å². The topological polar surface area (TPSA) is 36.3 Å². The molecule has 0 bridgehead atoms. The van der Waals surface area contributed by atoms with Gasteiger partial charge in [0.05, 0.1) is 22.2 Å². The molecule has 0 spiro atoms. The number of benzene rings is 2. The highest BCUT2D eigenvalue weighted by molar-refractivity contribution is 6.62. The number of imidazole rings is 1. The lowest BCUT2D eigenvalue weighted by atomic mass is 9.79. The van der Waals surface area contributed by atoms with Gasteiger partial charge < -0.3 is 9.31 Å². The molecule has 24 heavy (non-hydrogen) atoms. The zero-order valence-corrected chi connectivity index (χ0v) is 14.5. The van der Waals surface area contributed by atoms with Gasteiger partial charge in [-0.15, -0.1) is 0 Å². The van der Waals surface area contributed by atoms with Crippen LogP contribution in [-0.2, 0) is 9.31 Å². The summed E-state index contributed by atoms with van der Waals surface area (Å²) in [5, 5.41) is 0. The third-order valence-electron chi connectivity index (χ3n) is 5.13. The fourth-order valence-electron chi connectivity index (χ4n) is 2.95. The van der Waals surface area contributed by atoms with Gasteiger partial charge in [0.2, 0.25) is 0 Å². The first-order chi connectivity index (χ1) is 11.4. The third-order valence-corrected chi connectivity index (χ3v) is 5.13. The molecule has 1 fully saturated rings. The maximum absolute atomic E-state index is 6.13. The summed E-state index contributed by atoms with van der Waals surface area (Å²) in [6.07, 6.45) is 1.86. The molecule has 2 heterocycles. The van der Waals surface area contributed by atoms with Crippen LogP contribution in [0.25, 0.3) is 16.7 Å². The van der Waals surface area contributed by atoms with Crippen molar-refractivity contribution >= 4 is 23.6 Å². The average Bonchev–Trinajstić information content (AvgIpc) is 3.06. The molecular formula is C19H21BN2O2. The zero-order chi connectivity index (χ0) is 16.9. The third kappa shape index (κ3) is 2.36. The molecule has 3 aromatic rings. The van der Waals surface area contributed by atoms with E-state index in [1.165, 1.54) is 0 Å². The van der Waals surface area contributed by atoms with E-state index < -0.39 is 0 Å². The summed E-state index contributed by atoms with van der Waals surface area (Å²) in [4.78, 5) is 4.55. The molecule has 1 aliphatic heterocycles. The van der Waals surface area contributed by atoms with Crippen molar-refractivity contribution < 1.29 is 9.31 Å². The quantitative estimate of drug-likeness (QED) is 0.680. The van der Waals surface area contributed by atoms with Crippen molar-refractivity contribution in [2.45, 2.75) is 38.9 Å². The maximum atomic E-state index is 6.13. The maximum Gasteiger partial charge on any atom is 0.494 e. The number of hydrogen-bond acceptors (Lipinski definition) is 3. The van der Waals surface area contributed by atoms with Crippen molar-refractivity contribution in [1.29, 1.82) is 0 Å². The summed E-state index contributed by atoms with van der Waals surface area (Å²) in [6, 6.07) is 16.4. The van der Waals surface area contributed by atoms with Crippen LogP contribution >= 0.6 is 0 Å². The summed E-state index contributed by atoms with van der Waals surface area (Å²) in [6.45, 7) is 8.26. The Morgan fingerprint density at radius 3 is 2.25 bits per heavy atom. The Labute approximate surface area is 142 Å². The summed E-state index contributed by atoms with van der Waals surface area (Å²) < 4.78 is 14.4. The summed E-state index contributed by atoms with van der Waals surface area (Å²) in [5.74, 6) is 0. The van der Waals surface area contributed by atoms with Gasteiger partial charge in [0.1, 0.15) is 6.33 Å². The first-order valence-corrected chi connectivity index (χ1v) is 8.25. The molecule has 0 atom stereocenters. The van der Waals surface area contributed by atoms with Crippen LogP contribution in [0.15, 0.2) is 54.9 Å². The summed E-state index contributed by atoms with van der Waals surface area (Å²) >= 11 is 0. The minimum absolute atomic E-state index is 0.337. The fourth-order valence-corrected chi connectivity index (χ4v) is 2.95. The molecule has 1 aliphatic rings. The van der Waals surface area contributed by atoms with Crippen LogP contribution in [-0.4, -0.2) is 27.9 Å². The molecule has 0 unspecified atom stereocenters. The second-order valence-electron chi connectivity index (χ2n) is 7.29. The van der Waals surface area contributed by atoms with Crippen LogP contribution in [0.5, 0.6) is 0 Å². The molecule has 0 radical (unpaired) electrons. The second-order valence-corrected chi connectivity index (χ2v) is 7.29. The highest BCUT2D eigenvalue weighted by Crippen LogP contribution is 2.36. The van der Waals surface area contributed by atoms with Crippen molar-refractivity contribution in [1.82, 2.24) is 9.55 Å². The van der Waals surface area contributed by atoms with Crippen molar-refractivity contribution in [3.63, 3.8) is 0 Å².